The molecule has 0 aliphatic carbocycles. The Bertz CT molecular complexity index is 620. The molecule has 3 heterocycles. The lowest BCUT2D eigenvalue weighted by Gasteiger charge is -2.32. The van der Waals surface area contributed by atoms with E-state index in [0.717, 1.165) is 18.4 Å². The lowest BCUT2D eigenvalue weighted by Crippen LogP contribution is -2.41. The second kappa shape index (κ2) is 4.95. The molecule has 3 fully saturated rings. The zero-order valence-corrected chi connectivity index (χ0v) is 14.1. The first-order valence-electron chi connectivity index (χ1n) is 8.30. The van der Waals surface area contributed by atoms with Crippen molar-refractivity contribution in [1.82, 2.24) is 0 Å². The van der Waals surface area contributed by atoms with Gasteiger partial charge in [-0.25, -0.2) is 4.39 Å². The number of morpholine rings is 1. The van der Waals surface area contributed by atoms with E-state index in [2.05, 4.69) is 4.90 Å². The van der Waals surface area contributed by atoms with E-state index in [1.54, 1.807) is 6.07 Å². The van der Waals surface area contributed by atoms with Crippen molar-refractivity contribution < 1.29 is 18.4 Å². The van der Waals surface area contributed by atoms with E-state index in [0.29, 0.717) is 18.3 Å². The van der Waals surface area contributed by atoms with Crippen molar-refractivity contribution >= 4 is 18.3 Å². The monoisotopic (exact) mass is 319 g/mol. The van der Waals surface area contributed by atoms with Crippen LogP contribution in [0.1, 0.15) is 34.1 Å². The maximum Gasteiger partial charge on any atom is 0.494 e. The summed E-state index contributed by atoms with van der Waals surface area (Å²) < 4.78 is 32.3. The summed E-state index contributed by atoms with van der Waals surface area (Å²) in [6.07, 6.45) is 1.25. The number of hydrogen-bond donors (Lipinski definition) is 0. The summed E-state index contributed by atoms with van der Waals surface area (Å²) in [4.78, 5) is 2.12. The maximum absolute atomic E-state index is 14.7. The molecule has 0 spiro atoms. The van der Waals surface area contributed by atoms with Crippen molar-refractivity contribution in [2.45, 2.75) is 57.5 Å². The van der Waals surface area contributed by atoms with Gasteiger partial charge in [0.2, 0.25) is 0 Å². The average molecular weight is 319 g/mol. The topological polar surface area (TPSA) is 30.9 Å². The molecule has 0 unspecified atom stereocenters. The van der Waals surface area contributed by atoms with Gasteiger partial charge in [-0.15, -0.1) is 0 Å². The zero-order chi connectivity index (χ0) is 16.4. The Hall–Kier alpha value is -1.11. The standard InChI is InChI=1S/C17H23BFNO3/c1-16(2)17(3,4)23-18(22-16)11-5-6-15(14(19)7-11)20-9-13-8-12(20)10-21-13/h5-7,12-13H,8-10H2,1-4H3/t12-,13-/m0/s1. The van der Waals surface area contributed by atoms with E-state index in [9.17, 15) is 4.39 Å². The molecule has 1 aromatic rings. The number of fused-ring (bicyclic) bond motifs is 2. The Balaban J connectivity index is 1.57. The van der Waals surface area contributed by atoms with Gasteiger partial charge in [-0.05, 0) is 51.7 Å². The minimum absolute atomic E-state index is 0.218. The molecular formula is C17H23BFNO3. The molecule has 4 nitrogen and oxygen atoms in total. The number of hydrogen-bond acceptors (Lipinski definition) is 4. The molecule has 6 heteroatoms. The highest BCUT2D eigenvalue weighted by atomic mass is 19.1. The van der Waals surface area contributed by atoms with Crippen LogP contribution in [0.2, 0.25) is 0 Å². The van der Waals surface area contributed by atoms with Crippen molar-refractivity contribution in [2.75, 3.05) is 18.1 Å². The van der Waals surface area contributed by atoms with Crippen LogP contribution in [0.3, 0.4) is 0 Å². The van der Waals surface area contributed by atoms with Gasteiger partial charge >= 0.3 is 7.12 Å². The van der Waals surface area contributed by atoms with Crippen LogP contribution in [0.25, 0.3) is 0 Å². The first-order chi connectivity index (χ1) is 10.8. The summed E-state index contributed by atoms with van der Waals surface area (Å²) in [5, 5.41) is 0. The van der Waals surface area contributed by atoms with Crippen molar-refractivity contribution in [3.8, 4) is 0 Å². The first-order valence-corrected chi connectivity index (χ1v) is 8.30. The fourth-order valence-electron chi connectivity index (χ4n) is 3.58. The van der Waals surface area contributed by atoms with Gasteiger partial charge in [0.25, 0.3) is 0 Å². The first kappa shape index (κ1) is 15.4. The van der Waals surface area contributed by atoms with Crippen LogP contribution in [0.5, 0.6) is 0 Å². The van der Waals surface area contributed by atoms with E-state index in [4.69, 9.17) is 14.0 Å². The van der Waals surface area contributed by atoms with Crippen molar-refractivity contribution in [3.05, 3.63) is 24.0 Å². The summed E-state index contributed by atoms with van der Waals surface area (Å²) >= 11 is 0. The van der Waals surface area contributed by atoms with Crippen LogP contribution in [0.15, 0.2) is 18.2 Å². The highest BCUT2D eigenvalue weighted by Gasteiger charge is 2.52. The van der Waals surface area contributed by atoms with Crippen LogP contribution in [0.4, 0.5) is 10.1 Å². The zero-order valence-electron chi connectivity index (χ0n) is 14.1. The van der Waals surface area contributed by atoms with Gasteiger partial charge in [0, 0.05) is 6.54 Å². The Morgan fingerprint density at radius 2 is 1.87 bits per heavy atom. The third kappa shape index (κ3) is 2.39. The van der Waals surface area contributed by atoms with Crippen LogP contribution in [-0.4, -0.2) is 43.6 Å². The summed E-state index contributed by atoms with van der Waals surface area (Å²) in [5.74, 6) is -0.218. The minimum Gasteiger partial charge on any atom is -0.399 e. The Morgan fingerprint density at radius 1 is 1.17 bits per heavy atom. The molecular weight excluding hydrogens is 296 g/mol. The quantitative estimate of drug-likeness (QED) is 0.781. The van der Waals surface area contributed by atoms with Crippen molar-refractivity contribution in [2.24, 2.45) is 0 Å². The van der Waals surface area contributed by atoms with Gasteiger partial charge in [-0.1, -0.05) is 6.07 Å². The molecule has 0 saturated carbocycles. The number of ether oxygens (including phenoxy) is 1. The summed E-state index contributed by atoms with van der Waals surface area (Å²) in [6.45, 7) is 9.47. The summed E-state index contributed by atoms with van der Waals surface area (Å²) in [5.41, 5.74) is 0.544. The SMILES string of the molecule is CC1(C)OB(c2ccc(N3C[C@@H]4C[C@H]3CO4)c(F)c2)OC1(C)C. The number of halogens is 1. The second-order valence-corrected chi connectivity index (χ2v) is 7.80. The van der Waals surface area contributed by atoms with Gasteiger partial charge in [-0.3, -0.25) is 0 Å². The average Bonchev–Trinajstić information content (AvgIpc) is 3.12. The van der Waals surface area contributed by atoms with E-state index < -0.39 is 18.3 Å². The van der Waals surface area contributed by atoms with E-state index in [1.807, 2.05) is 39.8 Å². The van der Waals surface area contributed by atoms with Crippen LogP contribution in [-0.2, 0) is 14.0 Å². The second-order valence-electron chi connectivity index (χ2n) is 7.80. The molecule has 3 aliphatic heterocycles. The molecule has 23 heavy (non-hydrogen) atoms. The van der Waals surface area contributed by atoms with Gasteiger partial charge in [0.1, 0.15) is 5.82 Å². The molecule has 0 amide bonds. The lowest BCUT2D eigenvalue weighted by molar-refractivity contribution is 0.00578. The third-order valence-electron chi connectivity index (χ3n) is 5.71. The molecule has 3 saturated heterocycles. The fourth-order valence-corrected chi connectivity index (χ4v) is 3.58. The molecule has 4 rings (SSSR count). The number of anilines is 1. The lowest BCUT2D eigenvalue weighted by atomic mass is 9.79. The van der Waals surface area contributed by atoms with Gasteiger partial charge in [0.15, 0.2) is 0 Å². The highest BCUT2D eigenvalue weighted by molar-refractivity contribution is 6.62. The largest absolute Gasteiger partial charge is 0.494 e. The highest BCUT2D eigenvalue weighted by Crippen LogP contribution is 2.37. The minimum atomic E-state index is -0.526. The molecule has 124 valence electrons. The van der Waals surface area contributed by atoms with E-state index in [-0.39, 0.29) is 11.9 Å². The Labute approximate surface area is 137 Å². The third-order valence-corrected chi connectivity index (χ3v) is 5.71. The predicted octanol–water partition coefficient (Wildman–Crippen LogP) is 2.10. The molecule has 0 aromatic heterocycles. The molecule has 2 bridgehead atoms. The van der Waals surface area contributed by atoms with Crippen LogP contribution in [0, 0.1) is 5.82 Å². The molecule has 2 atom stereocenters. The number of rotatable bonds is 2. The molecule has 0 radical (unpaired) electrons. The fraction of sp³-hybridized carbons (Fsp3) is 0.647. The normalized spacial score (nSPS) is 31.2. The van der Waals surface area contributed by atoms with Crippen LogP contribution < -0.4 is 10.4 Å². The van der Waals surface area contributed by atoms with Crippen molar-refractivity contribution in [3.63, 3.8) is 0 Å². The number of benzene rings is 1. The van der Waals surface area contributed by atoms with Gasteiger partial charge in [0.05, 0.1) is 35.6 Å². The molecule has 0 N–H and O–H groups in total. The number of nitrogens with zero attached hydrogens (tertiary/aromatic N) is 1. The smallest absolute Gasteiger partial charge is 0.399 e. The Morgan fingerprint density at radius 3 is 2.39 bits per heavy atom. The summed E-state index contributed by atoms with van der Waals surface area (Å²) in [6, 6.07) is 5.60. The molecule has 3 aliphatic rings. The van der Waals surface area contributed by atoms with Crippen LogP contribution >= 0.6 is 0 Å². The molecule has 1 aromatic carbocycles. The van der Waals surface area contributed by atoms with E-state index >= 15 is 0 Å². The Kier molecular flexibility index (Phi) is 3.32. The van der Waals surface area contributed by atoms with Gasteiger partial charge < -0.3 is 18.9 Å². The maximum atomic E-state index is 14.7. The summed E-state index contributed by atoms with van der Waals surface area (Å²) in [7, 11) is -0.526. The van der Waals surface area contributed by atoms with E-state index in [1.165, 1.54) is 0 Å². The van der Waals surface area contributed by atoms with Gasteiger partial charge in [-0.2, -0.15) is 0 Å². The van der Waals surface area contributed by atoms with Crippen molar-refractivity contribution in [1.29, 1.82) is 0 Å². The predicted molar refractivity (Wildman–Crippen MR) is 87.6 cm³/mol.